The molecule has 1 aliphatic heterocycles. The van der Waals surface area contributed by atoms with E-state index in [0.717, 1.165) is 0 Å². The van der Waals surface area contributed by atoms with Crippen LogP contribution in [-0.2, 0) is 14.8 Å². The quantitative estimate of drug-likeness (QED) is 0.682. The van der Waals surface area contributed by atoms with Gasteiger partial charge in [0.25, 0.3) is 0 Å². The molecule has 8 heteroatoms. The molecule has 1 aliphatic rings. The minimum Gasteiger partial charge on any atom is -0.383 e. The van der Waals surface area contributed by atoms with Crippen molar-refractivity contribution in [2.24, 2.45) is 0 Å². The Labute approximate surface area is 87.3 Å². The van der Waals surface area contributed by atoms with Crippen molar-refractivity contribution in [1.82, 2.24) is 14.5 Å². The van der Waals surface area contributed by atoms with E-state index in [2.05, 4.69) is 10.2 Å². The van der Waals surface area contributed by atoms with Gasteiger partial charge in [0.1, 0.15) is 10.7 Å². The first-order chi connectivity index (χ1) is 7.12. The van der Waals surface area contributed by atoms with Gasteiger partial charge in [0.15, 0.2) is 0 Å². The van der Waals surface area contributed by atoms with Crippen LogP contribution in [0.4, 0.5) is 5.82 Å². The van der Waals surface area contributed by atoms with Crippen molar-refractivity contribution in [2.75, 3.05) is 32.0 Å². The van der Waals surface area contributed by atoms with Gasteiger partial charge in [-0.1, -0.05) is 0 Å². The van der Waals surface area contributed by atoms with E-state index in [4.69, 9.17) is 10.5 Å². The van der Waals surface area contributed by atoms with Crippen LogP contribution in [0.25, 0.3) is 0 Å². The van der Waals surface area contributed by atoms with Crippen LogP contribution in [0.1, 0.15) is 0 Å². The second-order valence-electron chi connectivity index (χ2n) is 3.16. The maximum Gasteiger partial charge on any atom is 0.248 e. The van der Waals surface area contributed by atoms with E-state index in [0.29, 0.717) is 26.3 Å². The van der Waals surface area contributed by atoms with E-state index in [1.807, 2.05) is 0 Å². The van der Waals surface area contributed by atoms with E-state index in [9.17, 15) is 8.42 Å². The van der Waals surface area contributed by atoms with Gasteiger partial charge in [0, 0.05) is 13.1 Å². The summed E-state index contributed by atoms with van der Waals surface area (Å²) in [6.07, 6.45) is 1.22. The zero-order valence-electron chi connectivity index (χ0n) is 8.01. The van der Waals surface area contributed by atoms with Gasteiger partial charge >= 0.3 is 0 Å². The van der Waals surface area contributed by atoms with Crippen LogP contribution in [0.3, 0.4) is 0 Å². The summed E-state index contributed by atoms with van der Waals surface area (Å²) in [5.74, 6) is 0.0708. The number of aromatic amines is 1. The number of hydrogen-bond acceptors (Lipinski definition) is 5. The Balaban J connectivity index is 2.30. The van der Waals surface area contributed by atoms with E-state index < -0.39 is 10.0 Å². The molecule has 15 heavy (non-hydrogen) atoms. The second kappa shape index (κ2) is 3.80. The number of rotatable bonds is 2. The number of nitrogens with zero attached hydrogens (tertiary/aromatic N) is 2. The average molecular weight is 232 g/mol. The number of nitrogens with one attached hydrogen (secondary N) is 1. The summed E-state index contributed by atoms with van der Waals surface area (Å²) in [4.78, 5) is 0.0319. The van der Waals surface area contributed by atoms with Crippen molar-refractivity contribution >= 4 is 15.8 Å². The molecular weight excluding hydrogens is 220 g/mol. The van der Waals surface area contributed by atoms with Crippen LogP contribution in [0.15, 0.2) is 11.1 Å². The van der Waals surface area contributed by atoms with Gasteiger partial charge in [-0.3, -0.25) is 5.10 Å². The second-order valence-corrected chi connectivity index (χ2v) is 5.07. The molecule has 0 aliphatic carbocycles. The van der Waals surface area contributed by atoms with Crippen LogP contribution in [-0.4, -0.2) is 49.2 Å². The number of sulfonamides is 1. The van der Waals surface area contributed by atoms with Gasteiger partial charge in [0.05, 0.1) is 19.4 Å². The molecule has 0 atom stereocenters. The van der Waals surface area contributed by atoms with Gasteiger partial charge in [-0.15, -0.1) is 0 Å². The lowest BCUT2D eigenvalue weighted by Crippen LogP contribution is -2.40. The highest BCUT2D eigenvalue weighted by Crippen LogP contribution is 2.20. The van der Waals surface area contributed by atoms with Gasteiger partial charge in [-0.05, 0) is 0 Å². The highest BCUT2D eigenvalue weighted by Gasteiger charge is 2.28. The largest absolute Gasteiger partial charge is 0.383 e. The van der Waals surface area contributed by atoms with Crippen molar-refractivity contribution in [3.05, 3.63) is 6.20 Å². The molecule has 0 aromatic carbocycles. The molecular formula is C7H12N4O3S. The monoisotopic (exact) mass is 232 g/mol. The molecule has 0 bridgehead atoms. The summed E-state index contributed by atoms with van der Waals surface area (Å²) >= 11 is 0. The number of aromatic nitrogens is 2. The Hall–Kier alpha value is -1.12. The molecule has 0 spiro atoms. The first kappa shape index (κ1) is 10.4. The predicted molar refractivity (Wildman–Crippen MR) is 52.6 cm³/mol. The Bertz CT molecular complexity index is 435. The van der Waals surface area contributed by atoms with E-state index >= 15 is 0 Å². The standard InChI is InChI=1S/C7H12N4O3S/c8-7-6(5-9-10-7)15(12,13)11-1-3-14-4-2-11/h5H,1-4H2,(H3,8,9,10). The third kappa shape index (κ3) is 1.83. The number of ether oxygens (including phenoxy) is 1. The summed E-state index contributed by atoms with van der Waals surface area (Å²) in [6.45, 7) is 1.54. The SMILES string of the molecule is Nc1[nH]ncc1S(=O)(=O)N1CCOCC1. The molecule has 7 nitrogen and oxygen atoms in total. The number of nitrogens with two attached hydrogens (primary N) is 1. The summed E-state index contributed by atoms with van der Waals surface area (Å²) in [5, 5.41) is 6.00. The summed E-state index contributed by atoms with van der Waals surface area (Å²) in [6, 6.07) is 0. The molecule has 1 fully saturated rings. The molecule has 2 heterocycles. The normalized spacial score (nSPS) is 19.2. The topological polar surface area (TPSA) is 101 Å². The van der Waals surface area contributed by atoms with Crippen LogP contribution in [0.5, 0.6) is 0 Å². The summed E-state index contributed by atoms with van der Waals surface area (Å²) < 4.78 is 30.4. The Morgan fingerprint density at radius 1 is 1.47 bits per heavy atom. The average Bonchev–Trinajstić information content (AvgIpc) is 2.66. The molecule has 0 radical (unpaired) electrons. The predicted octanol–water partition coefficient (Wildman–Crippen LogP) is -0.987. The smallest absolute Gasteiger partial charge is 0.248 e. The van der Waals surface area contributed by atoms with Crippen LogP contribution in [0, 0.1) is 0 Å². The minimum absolute atomic E-state index is 0.0319. The summed E-state index contributed by atoms with van der Waals surface area (Å²) in [7, 11) is -3.51. The fraction of sp³-hybridized carbons (Fsp3) is 0.571. The Kier molecular flexibility index (Phi) is 2.63. The van der Waals surface area contributed by atoms with Crippen molar-refractivity contribution in [2.45, 2.75) is 4.90 Å². The molecule has 1 saturated heterocycles. The minimum atomic E-state index is -3.51. The van der Waals surface area contributed by atoms with Gasteiger partial charge < -0.3 is 10.5 Å². The van der Waals surface area contributed by atoms with E-state index in [1.165, 1.54) is 10.5 Å². The first-order valence-corrected chi connectivity index (χ1v) is 5.93. The highest BCUT2D eigenvalue weighted by atomic mass is 32.2. The van der Waals surface area contributed by atoms with Gasteiger partial charge in [0.2, 0.25) is 10.0 Å². The molecule has 0 amide bonds. The van der Waals surface area contributed by atoms with Crippen molar-refractivity contribution in [1.29, 1.82) is 0 Å². The lowest BCUT2D eigenvalue weighted by Gasteiger charge is -2.25. The maximum absolute atomic E-state index is 12.0. The molecule has 84 valence electrons. The fourth-order valence-corrected chi connectivity index (χ4v) is 2.83. The zero-order valence-corrected chi connectivity index (χ0v) is 8.83. The first-order valence-electron chi connectivity index (χ1n) is 4.49. The number of hydrogen-bond donors (Lipinski definition) is 2. The van der Waals surface area contributed by atoms with Crippen LogP contribution < -0.4 is 5.73 Å². The number of H-pyrrole nitrogens is 1. The van der Waals surface area contributed by atoms with Gasteiger partial charge in [-0.2, -0.15) is 9.40 Å². The molecule has 2 rings (SSSR count). The van der Waals surface area contributed by atoms with Crippen LogP contribution in [0.2, 0.25) is 0 Å². The maximum atomic E-state index is 12.0. The van der Waals surface area contributed by atoms with Gasteiger partial charge in [-0.25, -0.2) is 8.42 Å². The molecule has 1 aromatic heterocycles. The fourth-order valence-electron chi connectivity index (χ4n) is 1.42. The van der Waals surface area contributed by atoms with Crippen LogP contribution >= 0.6 is 0 Å². The summed E-state index contributed by atoms with van der Waals surface area (Å²) in [5.41, 5.74) is 5.48. The zero-order chi connectivity index (χ0) is 10.9. The van der Waals surface area contributed by atoms with E-state index in [-0.39, 0.29) is 10.7 Å². The third-order valence-corrected chi connectivity index (χ3v) is 4.15. The Morgan fingerprint density at radius 3 is 2.67 bits per heavy atom. The molecule has 3 N–H and O–H groups in total. The lowest BCUT2D eigenvalue weighted by molar-refractivity contribution is 0.0730. The molecule has 0 saturated carbocycles. The van der Waals surface area contributed by atoms with Crippen molar-refractivity contribution < 1.29 is 13.2 Å². The van der Waals surface area contributed by atoms with Crippen molar-refractivity contribution in [3.63, 3.8) is 0 Å². The number of nitrogen functional groups attached to an aromatic ring is 1. The van der Waals surface area contributed by atoms with Crippen molar-refractivity contribution in [3.8, 4) is 0 Å². The van der Waals surface area contributed by atoms with E-state index in [1.54, 1.807) is 0 Å². The molecule has 1 aromatic rings. The number of anilines is 1. The molecule has 0 unspecified atom stereocenters. The highest BCUT2D eigenvalue weighted by molar-refractivity contribution is 7.89. The third-order valence-electron chi connectivity index (χ3n) is 2.22. The number of morpholine rings is 1. The Morgan fingerprint density at radius 2 is 2.13 bits per heavy atom. The lowest BCUT2D eigenvalue weighted by atomic mass is 10.5.